The Labute approximate surface area is 292 Å². The van der Waals surface area contributed by atoms with Gasteiger partial charge >= 0.3 is 5.84 Å². The Kier molecular flexibility index (Phi) is 17.2. The standard InChI is InChI=1S/C42H64N4O2/c1-3-5-7-9-11-13-15-17-19-21-31-46(32-22-20-18-16-14-12-10-8-6-4-2)38-34-43-37(33-44-38)40-41(47)39(42(40)48)35-25-27-36(28-26-35)45-29-23-24-30-45/h25-28,33-34H,3-24,29-32H2,1-2H3. The van der Waals surface area contributed by atoms with Crippen molar-refractivity contribution in [2.75, 3.05) is 31.1 Å². The summed E-state index contributed by atoms with van der Waals surface area (Å²) in [6.07, 6.45) is 32.3. The molecular formula is C42H64N4O2. The predicted molar refractivity (Wildman–Crippen MR) is 203 cm³/mol. The van der Waals surface area contributed by atoms with E-state index in [0.29, 0.717) is 11.3 Å². The minimum absolute atomic E-state index is 0.170. The van der Waals surface area contributed by atoms with Crippen LogP contribution in [0.4, 0.5) is 5.69 Å². The minimum Gasteiger partial charge on any atom is -0.871 e. The molecule has 1 saturated heterocycles. The van der Waals surface area contributed by atoms with Gasteiger partial charge in [-0.15, -0.1) is 0 Å². The lowest BCUT2D eigenvalue weighted by molar-refractivity contribution is -0.528. The lowest BCUT2D eigenvalue weighted by atomic mass is 9.82. The topological polar surface area (TPSA) is 71.1 Å². The molecule has 48 heavy (non-hydrogen) atoms. The van der Waals surface area contributed by atoms with Crippen LogP contribution in [0.5, 0.6) is 0 Å². The fourth-order valence-electron chi connectivity index (χ4n) is 7.24. The van der Waals surface area contributed by atoms with Gasteiger partial charge < -0.3 is 10.0 Å². The van der Waals surface area contributed by atoms with E-state index in [1.165, 1.54) is 128 Å². The number of amidine groups is 1. The first-order valence-corrected chi connectivity index (χ1v) is 19.9. The lowest BCUT2D eigenvalue weighted by Crippen LogP contribution is -2.31. The highest BCUT2D eigenvalue weighted by Gasteiger charge is 2.32. The van der Waals surface area contributed by atoms with Gasteiger partial charge in [0.2, 0.25) is 0 Å². The van der Waals surface area contributed by atoms with Crippen molar-refractivity contribution in [3.63, 3.8) is 0 Å². The maximum Gasteiger partial charge on any atom is 0.336 e. The number of rotatable bonds is 24. The number of allylic oxidation sites excluding steroid dienone is 3. The number of nitrogens with zero attached hydrogens (tertiary/aromatic N) is 4. The average Bonchev–Trinajstić information content (AvgIpc) is 3.65. The second-order valence-corrected chi connectivity index (χ2v) is 14.3. The zero-order chi connectivity index (χ0) is 33.8. The van der Waals surface area contributed by atoms with Gasteiger partial charge in [-0.25, -0.2) is 4.99 Å². The molecule has 2 heterocycles. The molecule has 2 aliphatic heterocycles. The molecule has 1 aromatic carbocycles. The maximum absolute atomic E-state index is 13.2. The first-order chi connectivity index (χ1) is 23.6. The van der Waals surface area contributed by atoms with Crippen molar-refractivity contribution in [2.45, 2.75) is 155 Å². The largest absolute Gasteiger partial charge is 0.871 e. The summed E-state index contributed by atoms with van der Waals surface area (Å²) in [6, 6.07) is 7.87. The van der Waals surface area contributed by atoms with Crippen LogP contribution in [0.15, 0.2) is 51.3 Å². The molecule has 6 heteroatoms. The molecule has 0 bridgehead atoms. The average molecular weight is 657 g/mol. The Morgan fingerprint density at radius 1 is 0.625 bits per heavy atom. The van der Waals surface area contributed by atoms with Gasteiger partial charge in [0.1, 0.15) is 11.9 Å². The van der Waals surface area contributed by atoms with E-state index in [9.17, 15) is 9.90 Å². The highest BCUT2D eigenvalue weighted by Crippen LogP contribution is 2.37. The van der Waals surface area contributed by atoms with Crippen molar-refractivity contribution in [1.29, 1.82) is 0 Å². The summed E-state index contributed by atoms with van der Waals surface area (Å²) in [5, 5.41) is 13.2. The van der Waals surface area contributed by atoms with Crippen molar-refractivity contribution in [2.24, 2.45) is 9.98 Å². The van der Waals surface area contributed by atoms with E-state index >= 15 is 0 Å². The monoisotopic (exact) mass is 657 g/mol. The van der Waals surface area contributed by atoms with Gasteiger partial charge in [-0.2, -0.15) is 0 Å². The van der Waals surface area contributed by atoms with Gasteiger partial charge in [0.05, 0.1) is 13.1 Å². The van der Waals surface area contributed by atoms with Gasteiger partial charge in [0, 0.05) is 29.9 Å². The van der Waals surface area contributed by atoms with Gasteiger partial charge in [0.15, 0.2) is 12.0 Å². The molecule has 0 unspecified atom stereocenters. The summed E-state index contributed by atoms with van der Waals surface area (Å²) in [4.78, 5) is 24.9. The number of ketones is 1. The zero-order valence-electron chi connectivity index (χ0n) is 30.5. The van der Waals surface area contributed by atoms with E-state index in [0.717, 1.165) is 50.5 Å². The van der Waals surface area contributed by atoms with Crippen LogP contribution in [-0.4, -0.2) is 54.8 Å². The molecular weight excluding hydrogens is 592 g/mol. The van der Waals surface area contributed by atoms with E-state index in [-0.39, 0.29) is 22.7 Å². The quantitative estimate of drug-likeness (QED) is 0.0632. The summed E-state index contributed by atoms with van der Waals surface area (Å²) in [5.74, 6) is 0.416. The number of Topliss-reactive ketones (excluding diaryl/α,β-unsaturated/α-hetero) is 1. The summed E-state index contributed by atoms with van der Waals surface area (Å²) in [6.45, 7) is 8.63. The molecule has 3 aliphatic rings. The summed E-state index contributed by atoms with van der Waals surface area (Å²) < 4.78 is 2.38. The fourth-order valence-corrected chi connectivity index (χ4v) is 7.24. The normalized spacial score (nSPS) is 17.6. The van der Waals surface area contributed by atoms with Crippen LogP contribution in [0.1, 0.15) is 161 Å². The highest BCUT2D eigenvalue weighted by molar-refractivity contribution is 6.41. The molecule has 0 atom stereocenters. The molecule has 0 N–H and O–H groups in total. The molecule has 4 rings (SSSR count). The van der Waals surface area contributed by atoms with E-state index in [1.807, 2.05) is 24.3 Å². The molecule has 0 saturated carbocycles. The molecule has 1 fully saturated rings. The van der Waals surface area contributed by atoms with Gasteiger partial charge in [0.25, 0.3) is 0 Å². The Balaban J connectivity index is 1.31. The lowest BCUT2D eigenvalue weighted by Gasteiger charge is -2.31. The molecule has 1 aromatic rings. The highest BCUT2D eigenvalue weighted by atomic mass is 16.3. The molecule has 0 spiro atoms. The van der Waals surface area contributed by atoms with Crippen LogP contribution < -0.4 is 10.0 Å². The molecule has 264 valence electrons. The number of unbranched alkanes of at least 4 members (excludes halogenated alkanes) is 18. The van der Waals surface area contributed by atoms with Gasteiger partial charge in [-0.1, -0.05) is 134 Å². The van der Waals surface area contributed by atoms with Gasteiger partial charge in [-0.05, 0) is 61.2 Å². The Hall–Kier alpha value is -3.02. The summed E-state index contributed by atoms with van der Waals surface area (Å²) in [7, 11) is 0. The number of carbonyl (C=O) groups excluding carboxylic acids is 1. The molecule has 1 aliphatic carbocycles. The van der Waals surface area contributed by atoms with Gasteiger partial charge in [-0.3, -0.25) is 9.37 Å². The predicted octanol–water partition coefficient (Wildman–Crippen LogP) is 9.60. The van der Waals surface area contributed by atoms with Crippen LogP contribution in [0.2, 0.25) is 0 Å². The molecule has 0 radical (unpaired) electrons. The number of aliphatic imine (C=N–C) groups is 2. The second kappa shape index (κ2) is 21.8. The van der Waals surface area contributed by atoms with Crippen molar-refractivity contribution in [3.8, 4) is 0 Å². The maximum atomic E-state index is 13.2. The number of hydrogen-bond acceptors (Lipinski definition) is 4. The third-order valence-electron chi connectivity index (χ3n) is 10.3. The van der Waals surface area contributed by atoms with Crippen LogP contribution in [-0.2, 0) is 4.79 Å². The Morgan fingerprint density at radius 2 is 1.10 bits per heavy atom. The smallest absolute Gasteiger partial charge is 0.336 e. The van der Waals surface area contributed by atoms with Crippen LogP contribution in [0, 0.1) is 0 Å². The number of anilines is 1. The van der Waals surface area contributed by atoms with E-state index in [4.69, 9.17) is 4.99 Å². The Morgan fingerprint density at radius 3 is 1.54 bits per heavy atom. The van der Waals surface area contributed by atoms with Crippen LogP contribution >= 0.6 is 0 Å². The number of benzene rings is 1. The second-order valence-electron chi connectivity index (χ2n) is 14.3. The third kappa shape index (κ3) is 11.8. The molecule has 0 aromatic heterocycles. The fraction of sp³-hybridized carbons (Fsp3) is 0.667. The van der Waals surface area contributed by atoms with E-state index in [2.05, 4.69) is 28.3 Å². The first-order valence-electron chi connectivity index (χ1n) is 19.9. The van der Waals surface area contributed by atoms with E-state index < -0.39 is 0 Å². The minimum atomic E-state index is -0.219. The summed E-state index contributed by atoms with van der Waals surface area (Å²) in [5.41, 5.74) is 2.68. The van der Waals surface area contributed by atoms with Crippen LogP contribution in [0.3, 0.4) is 0 Å². The Bertz CT molecular complexity index is 1240. The van der Waals surface area contributed by atoms with E-state index in [1.54, 1.807) is 12.4 Å². The van der Waals surface area contributed by atoms with Crippen molar-refractivity contribution < 1.29 is 14.5 Å². The van der Waals surface area contributed by atoms with Crippen molar-refractivity contribution in [1.82, 2.24) is 0 Å². The first kappa shape index (κ1) is 37.8. The SMILES string of the molecule is CCCCCCCCCCCC[N+](CCCCCCCCCCCC)=C1C=N/C(=C2\C(=O)C(c3ccc(N4CCCC4)cc3)=C2[O-])C=N1. The van der Waals surface area contributed by atoms with Crippen LogP contribution in [0.25, 0.3) is 5.57 Å². The number of carbonyl (C=O) groups is 1. The number of hydrogen-bond donors (Lipinski definition) is 0. The zero-order valence-corrected chi connectivity index (χ0v) is 30.5. The third-order valence-corrected chi connectivity index (χ3v) is 10.3. The van der Waals surface area contributed by atoms with Crippen molar-refractivity contribution in [3.05, 3.63) is 46.9 Å². The molecule has 0 amide bonds. The molecule has 6 nitrogen and oxygen atoms in total. The van der Waals surface area contributed by atoms with Crippen molar-refractivity contribution >= 4 is 35.3 Å². The summed E-state index contributed by atoms with van der Waals surface area (Å²) >= 11 is 0.